The van der Waals surface area contributed by atoms with E-state index in [4.69, 9.17) is 14.9 Å². The van der Waals surface area contributed by atoms with Crippen molar-refractivity contribution in [2.75, 3.05) is 11.4 Å². The van der Waals surface area contributed by atoms with Gasteiger partial charge >= 0.3 is 12.1 Å². The molecule has 1 atom stereocenters. The van der Waals surface area contributed by atoms with Gasteiger partial charge in [0.15, 0.2) is 22.9 Å². The molecule has 10 heteroatoms. The van der Waals surface area contributed by atoms with Gasteiger partial charge in [-0.25, -0.2) is 9.18 Å². The highest BCUT2D eigenvalue weighted by Gasteiger charge is 2.36. The predicted octanol–water partition coefficient (Wildman–Crippen LogP) is 0.928. The Hall–Kier alpha value is -3.69. The number of amides is 2. The monoisotopic (exact) mass is 358 g/mol. The van der Waals surface area contributed by atoms with Crippen LogP contribution in [0, 0.1) is 5.82 Å². The van der Waals surface area contributed by atoms with E-state index < -0.39 is 23.9 Å². The molecule has 0 aliphatic carbocycles. The zero-order valence-corrected chi connectivity index (χ0v) is 13.1. The van der Waals surface area contributed by atoms with Crippen LogP contribution in [0.15, 0.2) is 45.9 Å². The maximum absolute atomic E-state index is 14.4. The van der Waals surface area contributed by atoms with E-state index in [-0.39, 0.29) is 34.8 Å². The Labute approximate surface area is 144 Å². The van der Waals surface area contributed by atoms with Crippen molar-refractivity contribution in [2.24, 2.45) is 5.73 Å². The number of oxazole rings is 1. The molecule has 9 nitrogen and oxygen atoms in total. The number of carbonyl (C=O) groups is 2. The van der Waals surface area contributed by atoms with Gasteiger partial charge in [0.25, 0.3) is 5.91 Å². The summed E-state index contributed by atoms with van der Waals surface area (Å²) >= 11 is 0. The van der Waals surface area contributed by atoms with Crippen LogP contribution in [0.25, 0.3) is 17.1 Å². The Morgan fingerprint density at radius 3 is 2.65 bits per heavy atom. The molecule has 1 aliphatic heterocycles. The number of hydrogen-bond donors (Lipinski definition) is 1. The number of cyclic esters (lactones) is 1. The molecule has 0 saturated carbocycles. The summed E-state index contributed by atoms with van der Waals surface area (Å²) in [6.45, 7) is -0.125. The molecule has 4 rings (SSSR count). The van der Waals surface area contributed by atoms with Crippen molar-refractivity contribution in [1.29, 1.82) is 0 Å². The minimum atomic E-state index is -1.10. The fourth-order valence-electron chi connectivity index (χ4n) is 2.59. The van der Waals surface area contributed by atoms with E-state index in [2.05, 4.69) is 4.98 Å². The lowest BCUT2D eigenvalue weighted by atomic mass is 10.2. The van der Waals surface area contributed by atoms with Crippen molar-refractivity contribution in [3.63, 3.8) is 0 Å². The predicted molar refractivity (Wildman–Crippen MR) is 86.4 cm³/mol. The summed E-state index contributed by atoms with van der Waals surface area (Å²) in [7, 11) is 0. The van der Waals surface area contributed by atoms with Gasteiger partial charge < -0.3 is 14.9 Å². The highest BCUT2D eigenvalue weighted by Crippen LogP contribution is 2.29. The molecule has 3 aromatic rings. The molecule has 0 spiro atoms. The largest absolute Gasteiger partial charge is 0.434 e. The molecular weight excluding hydrogens is 347 g/mol. The second-order valence-electron chi connectivity index (χ2n) is 5.60. The Bertz CT molecular complexity index is 1090. The van der Waals surface area contributed by atoms with Crippen molar-refractivity contribution < 1.29 is 23.1 Å². The van der Waals surface area contributed by atoms with E-state index in [1.54, 1.807) is 0 Å². The Morgan fingerprint density at radius 2 is 2.00 bits per heavy atom. The second-order valence-corrected chi connectivity index (χ2v) is 5.60. The van der Waals surface area contributed by atoms with E-state index in [0.29, 0.717) is 0 Å². The van der Waals surface area contributed by atoms with Crippen LogP contribution in [0.5, 0.6) is 0 Å². The molecule has 1 aromatic carbocycles. The van der Waals surface area contributed by atoms with Crippen molar-refractivity contribution in [2.45, 2.75) is 6.10 Å². The lowest BCUT2D eigenvalue weighted by Crippen LogP contribution is -2.32. The maximum atomic E-state index is 14.4. The van der Waals surface area contributed by atoms with Crippen molar-refractivity contribution >= 4 is 28.8 Å². The minimum absolute atomic E-state index is 0.0403. The number of aromatic nitrogens is 2. The summed E-state index contributed by atoms with van der Waals surface area (Å²) < 4.78 is 26.2. The first-order valence-electron chi connectivity index (χ1n) is 7.48. The summed E-state index contributed by atoms with van der Waals surface area (Å²) in [5.74, 6) is -1.51. The van der Waals surface area contributed by atoms with E-state index >= 15 is 0 Å². The number of nitrogens with zero attached hydrogens (tertiary/aromatic N) is 3. The fourth-order valence-corrected chi connectivity index (χ4v) is 2.59. The Balaban J connectivity index is 1.75. The van der Waals surface area contributed by atoms with Crippen LogP contribution in [0.1, 0.15) is 0 Å². The first-order valence-corrected chi connectivity index (χ1v) is 7.48. The number of pyridine rings is 1. The molecule has 2 N–H and O–H groups in total. The van der Waals surface area contributed by atoms with E-state index in [1.807, 2.05) is 0 Å². The van der Waals surface area contributed by atoms with Gasteiger partial charge in [0.1, 0.15) is 5.52 Å². The highest BCUT2D eigenvalue weighted by molar-refractivity contribution is 5.96. The fraction of sp³-hybridized carbons (Fsp3) is 0.125. The van der Waals surface area contributed by atoms with Gasteiger partial charge in [-0.2, -0.15) is 4.98 Å². The topological polar surface area (TPSA) is 121 Å². The third-order valence-electron chi connectivity index (χ3n) is 3.88. The molecular formula is C16H11FN4O5. The second kappa shape index (κ2) is 5.69. The van der Waals surface area contributed by atoms with Gasteiger partial charge in [-0.05, 0) is 0 Å². The number of rotatable bonds is 3. The average molecular weight is 358 g/mol. The zero-order chi connectivity index (χ0) is 18.4. The smallest absolute Gasteiger partial charge is 0.415 e. The van der Waals surface area contributed by atoms with Gasteiger partial charge in [-0.15, -0.1) is 0 Å². The molecule has 2 aromatic heterocycles. The third kappa shape index (κ3) is 2.57. The summed E-state index contributed by atoms with van der Waals surface area (Å²) in [5, 5.41) is 0. The molecule has 0 bridgehead atoms. The molecule has 26 heavy (non-hydrogen) atoms. The summed E-state index contributed by atoms with van der Waals surface area (Å²) in [5.41, 5.74) is 5.13. The number of carbonyl (C=O) groups excluding carboxylic acids is 2. The number of primary amides is 1. The molecule has 3 heterocycles. The van der Waals surface area contributed by atoms with Gasteiger partial charge in [-0.1, -0.05) is 0 Å². The van der Waals surface area contributed by atoms with Crippen LogP contribution in [0.2, 0.25) is 0 Å². The van der Waals surface area contributed by atoms with Crippen molar-refractivity contribution in [3.05, 3.63) is 52.7 Å². The zero-order valence-electron chi connectivity index (χ0n) is 13.1. The summed E-state index contributed by atoms with van der Waals surface area (Å²) in [6.07, 6.45) is 0.947. The Morgan fingerprint density at radius 1 is 1.27 bits per heavy atom. The normalized spacial score (nSPS) is 16.9. The van der Waals surface area contributed by atoms with Crippen LogP contribution in [-0.4, -0.2) is 34.2 Å². The van der Waals surface area contributed by atoms with Crippen LogP contribution < -0.4 is 16.1 Å². The van der Waals surface area contributed by atoms with Crippen LogP contribution in [0.4, 0.5) is 14.9 Å². The molecule has 132 valence electrons. The van der Waals surface area contributed by atoms with Gasteiger partial charge in [0.05, 0.1) is 12.2 Å². The number of fused-ring (bicyclic) bond motifs is 1. The molecule has 1 saturated heterocycles. The molecule has 1 fully saturated rings. The molecule has 2 amide bonds. The van der Waals surface area contributed by atoms with E-state index in [9.17, 15) is 18.8 Å². The number of halogens is 1. The minimum Gasteiger partial charge on any atom is -0.434 e. The van der Waals surface area contributed by atoms with E-state index in [0.717, 1.165) is 11.0 Å². The summed E-state index contributed by atoms with van der Waals surface area (Å²) in [6, 6.07) is 5.16. The standard InChI is InChI=1S/C16H11FN4O5/c17-10-5-8(21-7-12(14(18)23)26-16(21)24)6-11-13(10)19-15(25-11)20-3-1-9(22)2-4-20/h1-6,12H,7H2,(H2,18,23)/t12-/m1/s1. The van der Waals surface area contributed by atoms with Crippen LogP contribution in [0.3, 0.4) is 0 Å². The van der Waals surface area contributed by atoms with E-state index in [1.165, 1.54) is 35.2 Å². The SMILES string of the molecule is NC(=O)[C@H]1CN(c2cc(F)c3nc(-n4ccc(=O)cc4)oc3c2)C(=O)O1. The quantitative estimate of drug-likeness (QED) is 0.743. The number of benzene rings is 1. The highest BCUT2D eigenvalue weighted by atomic mass is 19.1. The Kier molecular flexibility index (Phi) is 3.46. The lowest BCUT2D eigenvalue weighted by Gasteiger charge is -2.12. The first-order chi connectivity index (χ1) is 12.4. The number of anilines is 1. The van der Waals surface area contributed by atoms with Crippen molar-refractivity contribution in [3.8, 4) is 6.01 Å². The average Bonchev–Trinajstić information content (AvgIpc) is 3.19. The third-order valence-corrected chi connectivity index (χ3v) is 3.88. The first kappa shape index (κ1) is 15.8. The van der Waals surface area contributed by atoms with Crippen molar-refractivity contribution in [1.82, 2.24) is 9.55 Å². The summed E-state index contributed by atoms with van der Waals surface area (Å²) in [4.78, 5) is 39.4. The van der Waals surface area contributed by atoms with Crippen LogP contribution in [-0.2, 0) is 9.53 Å². The molecule has 1 aliphatic rings. The maximum Gasteiger partial charge on any atom is 0.415 e. The molecule has 0 unspecified atom stereocenters. The van der Waals surface area contributed by atoms with Gasteiger partial charge in [0.2, 0.25) is 0 Å². The van der Waals surface area contributed by atoms with Crippen LogP contribution >= 0.6 is 0 Å². The number of hydrogen-bond acceptors (Lipinski definition) is 6. The van der Waals surface area contributed by atoms with Gasteiger partial charge in [-0.3, -0.25) is 19.1 Å². The van der Waals surface area contributed by atoms with Gasteiger partial charge in [0, 0.05) is 36.7 Å². The lowest BCUT2D eigenvalue weighted by molar-refractivity contribution is -0.124. The number of ether oxygens (including phenoxy) is 1. The molecule has 0 radical (unpaired) electrons. The number of nitrogens with two attached hydrogens (primary N) is 1.